The maximum absolute atomic E-state index is 9.94. The van der Waals surface area contributed by atoms with E-state index in [0.29, 0.717) is 11.5 Å². The molecule has 1 rings (SSSR count). The van der Waals surface area contributed by atoms with E-state index in [4.69, 9.17) is 19.4 Å². The molecule has 1 aromatic carbocycles. The van der Waals surface area contributed by atoms with Gasteiger partial charge < -0.3 is 24.5 Å². The molecule has 0 bridgehead atoms. The number of hydrogen-bond acceptors (Lipinski definition) is 5. The minimum absolute atomic E-state index is 0.263. The first-order chi connectivity index (χ1) is 11.6. The van der Waals surface area contributed by atoms with Gasteiger partial charge >= 0.3 is 7.32 Å². The highest BCUT2D eigenvalue weighted by atomic mass is 16.6. The van der Waals surface area contributed by atoms with Crippen LogP contribution in [0.15, 0.2) is 24.3 Å². The van der Waals surface area contributed by atoms with Crippen molar-refractivity contribution < 1.29 is 24.5 Å². The standard InChI is InChI=1S/C18H31BO5/c1-2-3-4-5-6-7-8-9-10-16(20)15-23-17-11-13-18(14-12-17)24-19(21)22/h11-14,16,20-22H,2-10,15H2,1H3. The Morgan fingerprint density at radius 3 is 2.00 bits per heavy atom. The zero-order valence-electron chi connectivity index (χ0n) is 14.7. The lowest BCUT2D eigenvalue weighted by Gasteiger charge is -2.13. The Morgan fingerprint density at radius 1 is 0.875 bits per heavy atom. The summed E-state index contributed by atoms with van der Waals surface area (Å²) in [5.41, 5.74) is 0. The van der Waals surface area contributed by atoms with Crippen LogP contribution in [0.2, 0.25) is 0 Å². The van der Waals surface area contributed by atoms with Gasteiger partial charge in [-0.2, -0.15) is 0 Å². The molecule has 0 aliphatic carbocycles. The quantitative estimate of drug-likeness (QED) is 0.358. The van der Waals surface area contributed by atoms with Gasteiger partial charge in [0.2, 0.25) is 0 Å². The molecule has 5 nitrogen and oxygen atoms in total. The van der Waals surface area contributed by atoms with Crippen molar-refractivity contribution in [2.75, 3.05) is 6.61 Å². The third-order valence-electron chi connectivity index (χ3n) is 3.90. The Kier molecular flexibility index (Phi) is 11.4. The van der Waals surface area contributed by atoms with E-state index in [9.17, 15) is 5.11 Å². The molecule has 0 radical (unpaired) electrons. The van der Waals surface area contributed by atoms with Crippen molar-refractivity contribution in [3.05, 3.63) is 24.3 Å². The van der Waals surface area contributed by atoms with Gasteiger partial charge in [0.1, 0.15) is 18.1 Å². The van der Waals surface area contributed by atoms with E-state index < -0.39 is 13.4 Å². The van der Waals surface area contributed by atoms with Gasteiger partial charge in [0.05, 0.1) is 6.10 Å². The number of aliphatic hydroxyl groups is 1. The van der Waals surface area contributed by atoms with Crippen LogP contribution in [0.25, 0.3) is 0 Å². The molecule has 136 valence electrons. The number of benzene rings is 1. The van der Waals surface area contributed by atoms with Crippen molar-refractivity contribution in [1.29, 1.82) is 0 Å². The summed E-state index contributed by atoms with van der Waals surface area (Å²) < 4.78 is 10.2. The summed E-state index contributed by atoms with van der Waals surface area (Å²) in [4.78, 5) is 0. The van der Waals surface area contributed by atoms with Crippen LogP contribution in [-0.2, 0) is 0 Å². The first kappa shape index (κ1) is 20.8. The average molecular weight is 338 g/mol. The first-order valence-electron chi connectivity index (χ1n) is 9.05. The van der Waals surface area contributed by atoms with Crippen LogP contribution in [0.5, 0.6) is 11.5 Å². The molecule has 0 amide bonds. The molecule has 6 heteroatoms. The zero-order chi connectivity index (χ0) is 17.6. The third-order valence-corrected chi connectivity index (χ3v) is 3.90. The predicted molar refractivity (Wildman–Crippen MR) is 96.0 cm³/mol. The molecule has 0 aromatic heterocycles. The SMILES string of the molecule is CCCCCCCCCCC(O)COc1ccc(OB(O)O)cc1. The van der Waals surface area contributed by atoms with Crippen LogP contribution in [0.1, 0.15) is 64.7 Å². The van der Waals surface area contributed by atoms with Crippen LogP contribution >= 0.6 is 0 Å². The monoisotopic (exact) mass is 338 g/mol. The van der Waals surface area contributed by atoms with Crippen molar-refractivity contribution in [2.45, 2.75) is 70.8 Å². The Labute approximate surface area is 145 Å². The van der Waals surface area contributed by atoms with Gasteiger partial charge in [-0.15, -0.1) is 0 Å². The maximum atomic E-state index is 9.94. The number of hydrogen-bond donors (Lipinski definition) is 3. The second kappa shape index (κ2) is 13.1. The highest BCUT2D eigenvalue weighted by Gasteiger charge is 2.11. The van der Waals surface area contributed by atoms with Crippen molar-refractivity contribution in [3.8, 4) is 11.5 Å². The number of ether oxygens (including phenoxy) is 1. The third kappa shape index (κ3) is 10.5. The van der Waals surface area contributed by atoms with Gasteiger partial charge in [0.15, 0.2) is 0 Å². The lowest BCUT2D eigenvalue weighted by molar-refractivity contribution is 0.0974. The average Bonchev–Trinajstić information content (AvgIpc) is 2.56. The largest absolute Gasteiger partial charge is 0.707 e. The van der Waals surface area contributed by atoms with Gasteiger partial charge in [-0.3, -0.25) is 0 Å². The fraction of sp³-hybridized carbons (Fsp3) is 0.667. The van der Waals surface area contributed by atoms with E-state index in [2.05, 4.69) is 6.92 Å². The minimum Gasteiger partial charge on any atom is -0.512 e. The molecule has 0 heterocycles. The molecule has 0 saturated carbocycles. The second-order valence-corrected chi connectivity index (χ2v) is 6.14. The summed E-state index contributed by atoms with van der Waals surface area (Å²) in [6.07, 6.45) is 10.3. The van der Waals surface area contributed by atoms with Crippen LogP contribution < -0.4 is 9.39 Å². The molecule has 1 atom stereocenters. The number of rotatable bonds is 14. The number of unbranched alkanes of at least 4 members (excludes halogenated alkanes) is 7. The van der Waals surface area contributed by atoms with Crippen molar-refractivity contribution in [1.82, 2.24) is 0 Å². The summed E-state index contributed by atoms with van der Waals surface area (Å²) in [5, 5.41) is 27.3. The number of aliphatic hydroxyl groups excluding tert-OH is 1. The molecule has 1 unspecified atom stereocenters. The molecule has 3 N–H and O–H groups in total. The van der Waals surface area contributed by atoms with Gasteiger partial charge in [0, 0.05) is 0 Å². The minimum atomic E-state index is -1.83. The Hall–Kier alpha value is -1.24. The molecule has 0 spiro atoms. The summed E-state index contributed by atoms with van der Waals surface area (Å²) in [6.45, 7) is 2.49. The molecule has 0 fully saturated rings. The Balaban J connectivity index is 2.06. The highest BCUT2D eigenvalue weighted by Crippen LogP contribution is 2.18. The highest BCUT2D eigenvalue weighted by molar-refractivity contribution is 6.33. The lowest BCUT2D eigenvalue weighted by atomic mass is 10.1. The van der Waals surface area contributed by atoms with Crippen molar-refractivity contribution in [3.63, 3.8) is 0 Å². The topological polar surface area (TPSA) is 79.2 Å². The lowest BCUT2D eigenvalue weighted by Crippen LogP contribution is -2.20. The van der Waals surface area contributed by atoms with Crippen LogP contribution in [0.3, 0.4) is 0 Å². The van der Waals surface area contributed by atoms with Crippen LogP contribution in [0.4, 0.5) is 0 Å². The Bertz CT molecular complexity index is 410. The Morgan fingerprint density at radius 2 is 1.42 bits per heavy atom. The predicted octanol–water partition coefficient (Wildman–Crippen LogP) is 3.31. The van der Waals surface area contributed by atoms with Crippen LogP contribution in [0, 0.1) is 0 Å². The van der Waals surface area contributed by atoms with Crippen molar-refractivity contribution >= 4 is 7.32 Å². The summed E-state index contributed by atoms with van der Waals surface area (Å²) in [6, 6.07) is 6.50. The molecular weight excluding hydrogens is 307 g/mol. The molecule has 0 aliphatic heterocycles. The van der Waals surface area contributed by atoms with E-state index in [1.807, 2.05) is 0 Å². The summed E-state index contributed by atoms with van der Waals surface area (Å²) in [7, 11) is -1.83. The van der Waals surface area contributed by atoms with E-state index in [1.165, 1.54) is 44.9 Å². The maximum Gasteiger partial charge on any atom is 0.707 e. The van der Waals surface area contributed by atoms with E-state index in [-0.39, 0.29) is 6.61 Å². The smallest absolute Gasteiger partial charge is 0.512 e. The summed E-state index contributed by atoms with van der Waals surface area (Å²) in [5.74, 6) is 0.960. The molecule has 1 aromatic rings. The molecule has 0 aliphatic rings. The molecule has 0 saturated heterocycles. The van der Waals surface area contributed by atoms with E-state index in [0.717, 1.165) is 12.8 Å². The van der Waals surface area contributed by atoms with Gasteiger partial charge in [-0.05, 0) is 30.7 Å². The second-order valence-electron chi connectivity index (χ2n) is 6.14. The van der Waals surface area contributed by atoms with Crippen LogP contribution in [-0.4, -0.2) is 35.2 Å². The molecular formula is C18H31BO5. The normalized spacial score (nSPS) is 12.0. The fourth-order valence-corrected chi connectivity index (χ4v) is 2.53. The molecule has 24 heavy (non-hydrogen) atoms. The first-order valence-corrected chi connectivity index (χ1v) is 9.05. The van der Waals surface area contributed by atoms with Crippen molar-refractivity contribution in [2.24, 2.45) is 0 Å². The van der Waals surface area contributed by atoms with E-state index in [1.54, 1.807) is 24.3 Å². The van der Waals surface area contributed by atoms with Gasteiger partial charge in [-0.1, -0.05) is 58.3 Å². The van der Waals surface area contributed by atoms with Gasteiger partial charge in [0.25, 0.3) is 0 Å². The van der Waals surface area contributed by atoms with E-state index >= 15 is 0 Å². The van der Waals surface area contributed by atoms with Gasteiger partial charge in [-0.25, -0.2) is 0 Å². The zero-order valence-corrected chi connectivity index (χ0v) is 14.7. The fourth-order valence-electron chi connectivity index (χ4n) is 2.53. The summed E-state index contributed by atoms with van der Waals surface area (Å²) >= 11 is 0.